The minimum atomic E-state index is -0.506. The maximum absolute atomic E-state index is 14.0. The van der Waals surface area contributed by atoms with Gasteiger partial charge in [0.1, 0.15) is 5.82 Å². The van der Waals surface area contributed by atoms with Crippen LogP contribution >= 0.6 is 12.2 Å². The highest BCUT2D eigenvalue weighted by Crippen LogP contribution is 2.21. The van der Waals surface area contributed by atoms with Gasteiger partial charge in [-0.15, -0.1) is 0 Å². The molecule has 3 aromatic rings. The zero-order chi connectivity index (χ0) is 17.1. The maximum atomic E-state index is 14.0. The van der Waals surface area contributed by atoms with Crippen LogP contribution in [0, 0.1) is 20.7 Å². The lowest BCUT2D eigenvalue weighted by molar-refractivity contribution is -0.385. The van der Waals surface area contributed by atoms with Crippen molar-refractivity contribution in [1.29, 1.82) is 0 Å². The monoisotopic (exact) mass is 343 g/mol. The highest BCUT2D eigenvalue weighted by atomic mass is 32.1. The SMILES string of the molecule is O=[N+]([O-])c1ccccc1/C=N/n1c(-c2ccccc2F)n[nH]c1=S. The van der Waals surface area contributed by atoms with E-state index in [0.717, 1.165) is 0 Å². The average molecular weight is 343 g/mol. The average Bonchev–Trinajstić information content (AvgIpc) is 2.94. The first kappa shape index (κ1) is 15.7. The van der Waals surface area contributed by atoms with Gasteiger partial charge < -0.3 is 0 Å². The molecule has 120 valence electrons. The number of hydrogen-bond donors (Lipinski definition) is 1. The van der Waals surface area contributed by atoms with Crippen molar-refractivity contribution in [3.63, 3.8) is 0 Å². The number of H-pyrrole nitrogens is 1. The predicted octanol–water partition coefficient (Wildman–Crippen LogP) is 3.54. The molecule has 1 N–H and O–H groups in total. The smallest absolute Gasteiger partial charge is 0.258 e. The number of nitrogens with one attached hydrogen (secondary N) is 1. The van der Waals surface area contributed by atoms with Gasteiger partial charge in [-0.1, -0.05) is 24.3 Å². The first-order chi connectivity index (χ1) is 11.6. The predicted molar refractivity (Wildman–Crippen MR) is 88.9 cm³/mol. The van der Waals surface area contributed by atoms with Crippen LogP contribution in [0.25, 0.3) is 11.4 Å². The summed E-state index contributed by atoms with van der Waals surface area (Å²) >= 11 is 5.09. The van der Waals surface area contributed by atoms with Crippen molar-refractivity contribution in [2.24, 2.45) is 5.10 Å². The van der Waals surface area contributed by atoms with Crippen molar-refractivity contribution in [3.05, 3.63) is 74.8 Å². The van der Waals surface area contributed by atoms with Crippen LogP contribution in [0.5, 0.6) is 0 Å². The summed E-state index contributed by atoms with van der Waals surface area (Å²) in [7, 11) is 0. The standard InChI is InChI=1S/C15H10FN5O2S/c16-12-7-3-2-6-11(12)14-18-19-15(24)20(14)17-9-10-5-1-4-8-13(10)21(22)23/h1-9H,(H,19,24)/b17-9+. The first-order valence-electron chi connectivity index (χ1n) is 6.78. The summed E-state index contributed by atoms with van der Waals surface area (Å²) in [5.41, 5.74) is 0.415. The molecule has 0 fully saturated rings. The van der Waals surface area contributed by atoms with Gasteiger partial charge in [0.15, 0.2) is 5.82 Å². The zero-order valence-electron chi connectivity index (χ0n) is 12.1. The molecule has 9 heteroatoms. The van der Waals surface area contributed by atoms with Crippen molar-refractivity contribution in [2.75, 3.05) is 0 Å². The molecule has 1 heterocycles. The van der Waals surface area contributed by atoms with Crippen LogP contribution in [0.15, 0.2) is 53.6 Å². The fraction of sp³-hybridized carbons (Fsp3) is 0. The van der Waals surface area contributed by atoms with E-state index in [-0.39, 0.29) is 21.8 Å². The topological polar surface area (TPSA) is 89.1 Å². The van der Waals surface area contributed by atoms with E-state index in [0.29, 0.717) is 5.56 Å². The van der Waals surface area contributed by atoms with Gasteiger partial charge in [-0.2, -0.15) is 14.9 Å². The summed E-state index contributed by atoms with van der Waals surface area (Å²) < 4.78 is 15.3. The normalized spacial score (nSPS) is 11.0. The largest absolute Gasteiger partial charge is 0.278 e. The molecule has 0 aliphatic heterocycles. The van der Waals surface area contributed by atoms with Gasteiger partial charge >= 0.3 is 0 Å². The zero-order valence-corrected chi connectivity index (χ0v) is 12.9. The van der Waals surface area contributed by atoms with E-state index in [2.05, 4.69) is 15.3 Å². The number of halogens is 1. The van der Waals surface area contributed by atoms with Crippen LogP contribution < -0.4 is 0 Å². The number of rotatable bonds is 4. The van der Waals surface area contributed by atoms with Crippen LogP contribution in [-0.2, 0) is 0 Å². The molecule has 0 bridgehead atoms. The van der Waals surface area contributed by atoms with Crippen LogP contribution in [0.4, 0.5) is 10.1 Å². The molecule has 0 amide bonds. The third-order valence-corrected chi connectivity index (χ3v) is 3.48. The van der Waals surface area contributed by atoms with E-state index in [4.69, 9.17) is 12.2 Å². The molecule has 0 saturated carbocycles. The molecule has 0 saturated heterocycles. The second-order valence-electron chi connectivity index (χ2n) is 4.70. The van der Waals surface area contributed by atoms with Crippen molar-refractivity contribution >= 4 is 24.1 Å². The summed E-state index contributed by atoms with van der Waals surface area (Å²) in [6.45, 7) is 0. The summed E-state index contributed by atoms with van der Waals surface area (Å²) in [6, 6.07) is 12.2. The van der Waals surface area contributed by atoms with Gasteiger partial charge in [0.2, 0.25) is 4.77 Å². The lowest BCUT2D eigenvalue weighted by Gasteiger charge is -2.02. The van der Waals surface area contributed by atoms with E-state index < -0.39 is 10.7 Å². The van der Waals surface area contributed by atoms with E-state index in [1.54, 1.807) is 30.3 Å². The molecule has 0 atom stereocenters. The molecular weight excluding hydrogens is 333 g/mol. The molecular formula is C15H10FN5O2S. The van der Waals surface area contributed by atoms with E-state index in [9.17, 15) is 14.5 Å². The Morgan fingerprint density at radius 3 is 2.71 bits per heavy atom. The van der Waals surface area contributed by atoms with E-state index >= 15 is 0 Å². The van der Waals surface area contributed by atoms with Gasteiger partial charge in [-0.25, -0.2) is 9.49 Å². The molecule has 0 aliphatic rings. The number of nitro benzene ring substituents is 1. The minimum absolute atomic E-state index is 0.0938. The Labute approximate surface area is 140 Å². The Bertz CT molecular complexity index is 995. The summed E-state index contributed by atoms with van der Waals surface area (Å²) in [4.78, 5) is 10.5. The Balaban J connectivity index is 2.07. The lowest BCUT2D eigenvalue weighted by atomic mass is 10.2. The molecule has 7 nitrogen and oxygen atoms in total. The number of hydrogen-bond acceptors (Lipinski definition) is 5. The fourth-order valence-corrected chi connectivity index (χ4v) is 2.28. The van der Waals surface area contributed by atoms with Crippen molar-refractivity contribution in [3.8, 4) is 11.4 Å². The van der Waals surface area contributed by atoms with E-state index in [1.807, 2.05) is 0 Å². The number of benzene rings is 2. The van der Waals surface area contributed by atoms with Crippen LogP contribution in [0.3, 0.4) is 0 Å². The molecule has 0 radical (unpaired) electrons. The van der Waals surface area contributed by atoms with Gasteiger partial charge in [-0.3, -0.25) is 10.1 Å². The van der Waals surface area contributed by atoms with Crippen LogP contribution in [-0.4, -0.2) is 26.0 Å². The molecule has 0 spiro atoms. The summed E-state index contributed by atoms with van der Waals surface area (Å²) in [5.74, 6) is -0.304. The Hall–Kier alpha value is -3.20. The lowest BCUT2D eigenvalue weighted by Crippen LogP contribution is -1.98. The van der Waals surface area contributed by atoms with Gasteiger partial charge in [0, 0.05) is 6.07 Å². The van der Waals surface area contributed by atoms with Crippen molar-refractivity contribution in [2.45, 2.75) is 0 Å². The van der Waals surface area contributed by atoms with Crippen LogP contribution in [0.2, 0.25) is 0 Å². The highest BCUT2D eigenvalue weighted by molar-refractivity contribution is 7.71. The molecule has 1 aromatic heterocycles. The maximum Gasteiger partial charge on any atom is 0.278 e. The van der Waals surface area contributed by atoms with Crippen molar-refractivity contribution in [1.82, 2.24) is 14.9 Å². The Morgan fingerprint density at radius 1 is 1.25 bits per heavy atom. The second-order valence-corrected chi connectivity index (χ2v) is 5.09. The quantitative estimate of drug-likeness (QED) is 0.340. The number of aromatic nitrogens is 3. The highest BCUT2D eigenvalue weighted by Gasteiger charge is 2.13. The van der Waals surface area contributed by atoms with Crippen molar-refractivity contribution < 1.29 is 9.31 Å². The number of nitro groups is 1. The number of aromatic amines is 1. The van der Waals surface area contributed by atoms with Gasteiger partial charge in [0.25, 0.3) is 5.69 Å². The molecule has 0 aliphatic carbocycles. The van der Waals surface area contributed by atoms with E-state index in [1.165, 1.54) is 29.1 Å². The number of nitrogens with zero attached hydrogens (tertiary/aromatic N) is 4. The van der Waals surface area contributed by atoms with Gasteiger partial charge in [0.05, 0.1) is 22.3 Å². The fourth-order valence-electron chi connectivity index (χ4n) is 2.10. The first-order valence-corrected chi connectivity index (χ1v) is 7.19. The molecule has 2 aromatic carbocycles. The Kier molecular flexibility index (Phi) is 4.25. The molecule has 3 rings (SSSR count). The third-order valence-electron chi connectivity index (χ3n) is 3.21. The Morgan fingerprint density at radius 2 is 1.96 bits per heavy atom. The minimum Gasteiger partial charge on any atom is -0.258 e. The second kappa shape index (κ2) is 6.50. The molecule has 0 unspecified atom stereocenters. The summed E-state index contributed by atoms with van der Waals surface area (Å²) in [6.07, 6.45) is 1.29. The van der Waals surface area contributed by atoms with Gasteiger partial charge in [-0.05, 0) is 30.4 Å². The third kappa shape index (κ3) is 2.97. The van der Waals surface area contributed by atoms with Crippen LogP contribution in [0.1, 0.15) is 5.56 Å². The summed E-state index contributed by atoms with van der Waals surface area (Å²) in [5, 5.41) is 21.7. The number of para-hydroxylation sites is 1. The molecule has 24 heavy (non-hydrogen) atoms.